The number of benzene rings is 1. The molecule has 1 aromatic carbocycles. The lowest BCUT2D eigenvalue weighted by atomic mass is 10.2. The van der Waals surface area contributed by atoms with E-state index in [1.165, 1.54) is 17.8 Å². The highest BCUT2D eigenvalue weighted by atomic mass is 32.2. The maximum atomic E-state index is 12.5. The summed E-state index contributed by atoms with van der Waals surface area (Å²) >= 11 is 1.32. The van der Waals surface area contributed by atoms with E-state index in [1.54, 1.807) is 4.90 Å². The third kappa shape index (κ3) is 2.72. The zero-order chi connectivity index (χ0) is 13.3. The van der Waals surface area contributed by atoms with Gasteiger partial charge in [0.2, 0.25) is 0 Å². The third-order valence-corrected chi connectivity index (χ3v) is 3.60. The largest absolute Gasteiger partial charge is 0.480 e. The molecule has 1 heterocycles. The highest BCUT2D eigenvalue weighted by Crippen LogP contribution is 2.39. The number of rotatable bonds is 2. The Kier molecular flexibility index (Phi) is 3.43. The van der Waals surface area contributed by atoms with Gasteiger partial charge in [-0.05, 0) is 18.2 Å². The van der Waals surface area contributed by atoms with Gasteiger partial charge in [-0.3, -0.25) is 4.79 Å². The Hall–Kier alpha value is -1.37. The molecule has 1 aliphatic heterocycles. The second-order valence-corrected chi connectivity index (χ2v) is 4.98. The molecule has 0 saturated heterocycles. The maximum Gasteiger partial charge on any atom is 0.416 e. The van der Waals surface area contributed by atoms with Gasteiger partial charge in [0.15, 0.2) is 0 Å². The number of hydrogen-bond acceptors (Lipinski definition) is 3. The molecule has 1 aliphatic rings. The van der Waals surface area contributed by atoms with E-state index in [1.807, 2.05) is 0 Å². The van der Waals surface area contributed by atoms with Crippen molar-refractivity contribution in [1.29, 1.82) is 0 Å². The molecule has 0 spiro atoms. The molecule has 0 aromatic heterocycles. The number of alkyl halides is 3. The lowest BCUT2D eigenvalue weighted by Crippen LogP contribution is -2.34. The number of halogens is 3. The number of nitrogens with zero attached hydrogens (tertiary/aromatic N) is 1. The highest BCUT2D eigenvalue weighted by molar-refractivity contribution is 7.99. The number of anilines is 1. The fraction of sp³-hybridized carbons (Fsp3) is 0.364. The average molecular weight is 277 g/mol. The summed E-state index contributed by atoms with van der Waals surface area (Å²) in [7, 11) is 0. The van der Waals surface area contributed by atoms with Gasteiger partial charge in [0.05, 0.1) is 11.3 Å². The van der Waals surface area contributed by atoms with E-state index in [4.69, 9.17) is 5.11 Å². The van der Waals surface area contributed by atoms with Crippen LogP contribution in [0, 0.1) is 0 Å². The molecule has 0 bridgehead atoms. The summed E-state index contributed by atoms with van der Waals surface area (Å²) in [5.41, 5.74) is -0.146. The SMILES string of the molecule is O=C(O)CN1CCSc2cc(C(F)(F)F)ccc21. The normalized spacial score (nSPS) is 15.4. The zero-order valence-corrected chi connectivity index (χ0v) is 10.0. The predicted molar refractivity (Wildman–Crippen MR) is 62.0 cm³/mol. The number of carboxylic acid groups (broad SMARTS) is 1. The summed E-state index contributed by atoms with van der Waals surface area (Å²) in [5.74, 6) is -0.408. The molecule has 18 heavy (non-hydrogen) atoms. The van der Waals surface area contributed by atoms with Crippen molar-refractivity contribution in [3.63, 3.8) is 0 Å². The molecule has 1 aromatic rings. The fourth-order valence-electron chi connectivity index (χ4n) is 1.78. The van der Waals surface area contributed by atoms with E-state index in [0.717, 1.165) is 12.1 Å². The van der Waals surface area contributed by atoms with Crippen molar-refractivity contribution in [3.8, 4) is 0 Å². The van der Waals surface area contributed by atoms with Crippen LogP contribution in [0.15, 0.2) is 23.1 Å². The monoisotopic (exact) mass is 277 g/mol. The summed E-state index contributed by atoms with van der Waals surface area (Å²) in [6.07, 6.45) is -4.37. The van der Waals surface area contributed by atoms with Crippen LogP contribution in [0.2, 0.25) is 0 Å². The number of carboxylic acids is 1. The predicted octanol–water partition coefficient (Wildman–Crippen LogP) is 2.70. The van der Waals surface area contributed by atoms with Gasteiger partial charge in [-0.15, -0.1) is 11.8 Å². The molecule has 2 rings (SSSR count). The van der Waals surface area contributed by atoms with Crippen LogP contribution < -0.4 is 4.90 Å². The Morgan fingerprint density at radius 2 is 2.17 bits per heavy atom. The van der Waals surface area contributed by atoms with E-state index in [-0.39, 0.29) is 6.54 Å². The fourth-order valence-corrected chi connectivity index (χ4v) is 2.87. The first-order chi connectivity index (χ1) is 8.38. The number of fused-ring (bicyclic) bond motifs is 1. The van der Waals surface area contributed by atoms with Crippen molar-refractivity contribution in [2.24, 2.45) is 0 Å². The van der Waals surface area contributed by atoms with Crippen molar-refractivity contribution in [3.05, 3.63) is 23.8 Å². The Morgan fingerprint density at radius 3 is 2.78 bits per heavy atom. The number of hydrogen-bond donors (Lipinski definition) is 1. The molecule has 7 heteroatoms. The Balaban J connectivity index is 2.33. The Bertz CT molecular complexity index is 476. The van der Waals surface area contributed by atoms with Crippen molar-refractivity contribution < 1.29 is 23.1 Å². The standard InChI is InChI=1S/C11H10F3NO2S/c12-11(13,14)7-1-2-8-9(5-7)18-4-3-15(8)6-10(16)17/h1-2,5H,3-4,6H2,(H,16,17). The first-order valence-corrected chi connectivity index (χ1v) is 6.17. The molecule has 0 radical (unpaired) electrons. The molecule has 0 fully saturated rings. The molecular formula is C11H10F3NO2S. The molecule has 0 amide bonds. The van der Waals surface area contributed by atoms with Crippen LogP contribution in [-0.2, 0) is 11.0 Å². The van der Waals surface area contributed by atoms with Gasteiger partial charge in [-0.2, -0.15) is 13.2 Å². The van der Waals surface area contributed by atoms with E-state index in [0.29, 0.717) is 22.9 Å². The topological polar surface area (TPSA) is 40.5 Å². The smallest absolute Gasteiger partial charge is 0.416 e. The van der Waals surface area contributed by atoms with Crippen LogP contribution in [-0.4, -0.2) is 29.9 Å². The molecule has 1 N–H and O–H groups in total. The lowest BCUT2D eigenvalue weighted by Gasteiger charge is -2.29. The average Bonchev–Trinajstić information content (AvgIpc) is 2.27. The minimum Gasteiger partial charge on any atom is -0.480 e. The molecule has 3 nitrogen and oxygen atoms in total. The van der Waals surface area contributed by atoms with Crippen LogP contribution in [0.1, 0.15) is 5.56 Å². The van der Waals surface area contributed by atoms with Gasteiger partial charge in [0.1, 0.15) is 6.54 Å². The van der Waals surface area contributed by atoms with Crippen LogP contribution >= 0.6 is 11.8 Å². The van der Waals surface area contributed by atoms with Crippen molar-refractivity contribution in [1.82, 2.24) is 0 Å². The summed E-state index contributed by atoms with van der Waals surface area (Å²) in [6.45, 7) is 0.328. The molecule has 0 aliphatic carbocycles. The summed E-state index contributed by atoms with van der Waals surface area (Å²) < 4.78 is 37.6. The summed E-state index contributed by atoms with van der Waals surface area (Å²) in [6, 6.07) is 3.40. The van der Waals surface area contributed by atoms with Crippen molar-refractivity contribution >= 4 is 23.4 Å². The molecule has 0 atom stereocenters. The van der Waals surface area contributed by atoms with Gasteiger partial charge < -0.3 is 10.0 Å². The lowest BCUT2D eigenvalue weighted by molar-refractivity contribution is -0.138. The van der Waals surface area contributed by atoms with Crippen LogP contribution in [0.4, 0.5) is 18.9 Å². The maximum absolute atomic E-state index is 12.5. The second kappa shape index (κ2) is 4.72. The minimum atomic E-state index is -4.37. The minimum absolute atomic E-state index is 0.196. The third-order valence-electron chi connectivity index (χ3n) is 2.57. The first kappa shape index (κ1) is 13.1. The number of carbonyl (C=O) groups is 1. The van der Waals surface area contributed by atoms with E-state index >= 15 is 0 Å². The van der Waals surface area contributed by atoms with E-state index < -0.39 is 17.7 Å². The van der Waals surface area contributed by atoms with E-state index in [2.05, 4.69) is 0 Å². The van der Waals surface area contributed by atoms with Gasteiger partial charge in [-0.25, -0.2) is 0 Å². The highest BCUT2D eigenvalue weighted by Gasteiger charge is 2.32. The van der Waals surface area contributed by atoms with E-state index in [9.17, 15) is 18.0 Å². The zero-order valence-electron chi connectivity index (χ0n) is 9.20. The van der Waals surface area contributed by atoms with Gasteiger partial charge in [0, 0.05) is 17.2 Å². The van der Waals surface area contributed by atoms with Crippen molar-refractivity contribution in [2.75, 3.05) is 23.7 Å². The number of aliphatic carboxylic acids is 1. The molecular weight excluding hydrogens is 267 g/mol. The quantitative estimate of drug-likeness (QED) is 0.902. The Morgan fingerprint density at radius 1 is 1.44 bits per heavy atom. The van der Waals surface area contributed by atoms with Crippen molar-refractivity contribution in [2.45, 2.75) is 11.1 Å². The van der Waals surface area contributed by atoms with Crippen LogP contribution in [0.5, 0.6) is 0 Å². The van der Waals surface area contributed by atoms with Crippen LogP contribution in [0.3, 0.4) is 0 Å². The summed E-state index contributed by atoms with van der Waals surface area (Å²) in [4.78, 5) is 12.7. The Labute approximate surface area is 106 Å². The summed E-state index contributed by atoms with van der Waals surface area (Å²) in [5, 5.41) is 8.75. The second-order valence-electron chi connectivity index (χ2n) is 3.84. The first-order valence-electron chi connectivity index (χ1n) is 5.19. The van der Waals surface area contributed by atoms with Gasteiger partial charge in [0.25, 0.3) is 0 Å². The molecule has 0 saturated carbocycles. The molecule has 0 unspecified atom stereocenters. The molecule has 98 valence electrons. The number of thioether (sulfide) groups is 1. The van der Waals surface area contributed by atoms with Gasteiger partial charge in [-0.1, -0.05) is 0 Å². The van der Waals surface area contributed by atoms with Gasteiger partial charge >= 0.3 is 12.1 Å². The van der Waals surface area contributed by atoms with Crippen LogP contribution in [0.25, 0.3) is 0 Å².